The van der Waals surface area contributed by atoms with Gasteiger partial charge in [-0.15, -0.1) is 0 Å². The maximum Gasteiger partial charge on any atom is 0.453 e. The molecule has 0 spiro atoms. The molecule has 40 heavy (non-hydrogen) atoms. The number of carbonyl (C=O) groups excluding carboxylic acids is 1. The fraction of sp³-hybridized carbons (Fsp3) is 0.0968. The molecule has 0 aliphatic rings. The van der Waals surface area contributed by atoms with Gasteiger partial charge in [0.05, 0.1) is 10.9 Å². The van der Waals surface area contributed by atoms with E-state index in [9.17, 15) is 22.8 Å². The Morgan fingerprint density at radius 1 is 0.825 bits per heavy atom. The molecule has 1 heterocycles. The van der Waals surface area contributed by atoms with Crippen molar-refractivity contribution in [3.8, 4) is 28.4 Å². The Labute approximate surface area is 231 Å². The molecule has 0 aliphatic heterocycles. The minimum atomic E-state index is -5.05. The summed E-state index contributed by atoms with van der Waals surface area (Å²) in [6.45, 7) is 3.33. The highest BCUT2D eigenvalue weighted by Crippen LogP contribution is 2.39. The van der Waals surface area contributed by atoms with Gasteiger partial charge in [-0.05, 0) is 72.5 Å². The summed E-state index contributed by atoms with van der Waals surface area (Å²) in [7, 11) is 0. The summed E-state index contributed by atoms with van der Waals surface area (Å²) in [5.41, 5.74) is 1.78. The van der Waals surface area contributed by atoms with Crippen LogP contribution in [-0.2, 0) is 6.18 Å². The second-order valence-electron chi connectivity index (χ2n) is 9.05. The van der Waals surface area contributed by atoms with Crippen LogP contribution in [-0.4, -0.2) is 5.97 Å². The SMILES string of the molecule is Cc1cc(Oc2c(C(F)(F)F)oc3cc(OC(=O)c4ccc(-c5ccccc5)cc4)ccc3c2=O)cc(C)c1Cl. The first-order valence-corrected chi connectivity index (χ1v) is 12.4. The van der Waals surface area contributed by atoms with Crippen LogP contribution < -0.4 is 14.9 Å². The van der Waals surface area contributed by atoms with E-state index in [2.05, 4.69) is 0 Å². The molecule has 202 valence electrons. The fourth-order valence-corrected chi connectivity index (χ4v) is 4.29. The van der Waals surface area contributed by atoms with Crippen LogP contribution in [0.15, 0.2) is 94.1 Å². The quantitative estimate of drug-likeness (QED) is 0.158. The molecule has 4 aromatic carbocycles. The number of hydrogen-bond acceptors (Lipinski definition) is 5. The summed E-state index contributed by atoms with van der Waals surface area (Å²) >= 11 is 6.14. The number of benzene rings is 4. The Bertz CT molecular complexity index is 1770. The predicted octanol–water partition coefficient (Wildman–Crippen LogP) is 8.76. The van der Waals surface area contributed by atoms with Crippen LogP contribution >= 0.6 is 11.6 Å². The lowest BCUT2D eigenvalue weighted by Gasteiger charge is -2.15. The molecule has 9 heteroatoms. The van der Waals surface area contributed by atoms with Crippen LogP contribution in [0.25, 0.3) is 22.1 Å². The molecule has 5 nitrogen and oxygen atoms in total. The van der Waals surface area contributed by atoms with Crippen LogP contribution in [0.3, 0.4) is 0 Å². The third-order valence-electron chi connectivity index (χ3n) is 6.15. The zero-order chi connectivity index (χ0) is 28.6. The number of halogens is 4. The summed E-state index contributed by atoms with van der Waals surface area (Å²) in [5.74, 6) is -3.45. The number of rotatable bonds is 5. The molecular formula is C31H20ClF3O5. The molecule has 0 radical (unpaired) electrons. The number of alkyl halides is 3. The molecule has 0 fully saturated rings. The van der Waals surface area contributed by atoms with Gasteiger partial charge in [0.1, 0.15) is 17.1 Å². The van der Waals surface area contributed by atoms with Crippen molar-refractivity contribution in [3.05, 3.63) is 123 Å². The zero-order valence-electron chi connectivity index (χ0n) is 21.1. The van der Waals surface area contributed by atoms with Gasteiger partial charge in [-0.25, -0.2) is 4.79 Å². The molecule has 0 amide bonds. The number of aryl methyl sites for hydroxylation is 2. The topological polar surface area (TPSA) is 65.7 Å². The Morgan fingerprint density at radius 2 is 1.45 bits per heavy atom. The molecule has 0 aliphatic carbocycles. The number of carbonyl (C=O) groups is 1. The first-order valence-electron chi connectivity index (χ1n) is 12.0. The van der Waals surface area contributed by atoms with Crippen molar-refractivity contribution < 1.29 is 31.9 Å². The van der Waals surface area contributed by atoms with Gasteiger partial charge in [0.25, 0.3) is 5.76 Å². The average Bonchev–Trinajstić information content (AvgIpc) is 2.93. The lowest BCUT2D eigenvalue weighted by atomic mass is 10.0. The summed E-state index contributed by atoms with van der Waals surface area (Å²) < 4.78 is 57.7. The van der Waals surface area contributed by atoms with Gasteiger partial charge < -0.3 is 13.9 Å². The third kappa shape index (κ3) is 5.44. The van der Waals surface area contributed by atoms with Crippen molar-refractivity contribution in [2.75, 3.05) is 0 Å². The molecule has 0 atom stereocenters. The summed E-state index contributed by atoms with van der Waals surface area (Å²) in [6.07, 6.45) is -5.05. The van der Waals surface area contributed by atoms with Crippen molar-refractivity contribution in [2.45, 2.75) is 20.0 Å². The van der Waals surface area contributed by atoms with Gasteiger partial charge >= 0.3 is 12.1 Å². The second kappa shape index (κ2) is 10.5. The monoisotopic (exact) mass is 564 g/mol. The summed E-state index contributed by atoms with van der Waals surface area (Å²) in [4.78, 5) is 25.8. The molecular weight excluding hydrogens is 545 g/mol. The molecule has 0 bridgehead atoms. The molecule has 1 aromatic heterocycles. The normalized spacial score (nSPS) is 11.4. The van der Waals surface area contributed by atoms with E-state index in [1.54, 1.807) is 38.1 Å². The Balaban J connectivity index is 1.46. The van der Waals surface area contributed by atoms with E-state index in [-0.39, 0.29) is 22.4 Å². The average molecular weight is 565 g/mol. The number of fused-ring (bicyclic) bond motifs is 1. The van der Waals surface area contributed by atoms with Gasteiger partial charge in [-0.2, -0.15) is 13.2 Å². The van der Waals surface area contributed by atoms with Gasteiger partial charge in [-0.1, -0.05) is 54.1 Å². The van der Waals surface area contributed by atoms with Crippen molar-refractivity contribution in [1.29, 1.82) is 0 Å². The predicted molar refractivity (Wildman–Crippen MR) is 145 cm³/mol. The minimum absolute atomic E-state index is 0.000355. The van der Waals surface area contributed by atoms with E-state index < -0.39 is 34.7 Å². The Kier molecular flexibility index (Phi) is 7.12. The van der Waals surface area contributed by atoms with Crippen molar-refractivity contribution in [3.63, 3.8) is 0 Å². The third-order valence-corrected chi connectivity index (χ3v) is 6.74. The maximum absolute atomic E-state index is 13.9. The minimum Gasteiger partial charge on any atom is -0.449 e. The van der Waals surface area contributed by atoms with Gasteiger partial charge in [0.15, 0.2) is 0 Å². The highest BCUT2D eigenvalue weighted by Gasteiger charge is 2.40. The number of esters is 1. The van der Waals surface area contributed by atoms with Gasteiger partial charge in [-0.3, -0.25) is 4.79 Å². The van der Waals surface area contributed by atoms with Crippen molar-refractivity contribution >= 4 is 28.5 Å². The van der Waals surface area contributed by atoms with Crippen LogP contribution in [0, 0.1) is 13.8 Å². The number of ether oxygens (including phenoxy) is 2. The van der Waals surface area contributed by atoms with Crippen LogP contribution in [0.1, 0.15) is 27.2 Å². The van der Waals surface area contributed by atoms with Crippen molar-refractivity contribution in [2.24, 2.45) is 0 Å². The maximum atomic E-state index is 13.9. The summed E-state index contributed by atoms with van der Waals surface area (Å²) in [5, 5.41) is 0.251. The number of hydrogen-bond donors (Lipinski definition) is 0. The van der Waals surface area contributed by atoms with Crippen LogP contribution in [0.4, 0.5) is 13.2 Å². The van der Waals surface area contributed by atoms with Crippen LogP contribution in [0.2, 0.25) is 5.02 Å². The highest BCUT2D eigenvalue weighted by atomic mass is 35.5. The smallest absolute Gasteiger partial charge is 0.449 e. The van der Waals surface area contributed by atoms with E-state index in [1.165, 1.54) is 24.3 Å². The molecule has 0 unspecified atom stereocenters. The second-order valence-corrected chi connectivity index (χ2v) is 9.43. The zero-order valence-corrected chi connectivity index (χ0v) is 21.9. The lowest BCUT2D eigenvalue weighted by molar-refractivity contribution is -0.154. The van der Waals surface area contributed by atoms with Gasteiger partial charge in [0.2, 0.25) is 11.2 Å². The van der Waals surface area contributed by atoms with E-state index in [1.807, 2.05) is 30.3 Å². The molecule has 5 aromatic rings. The summed E-state index contributed by atoms with van der Waals surface area (Å²) in [6, 6.07) is 22.6. The largest absolute Gasteiger partial charge is 0.453 e. The Hall–Kier alpha value is -4.56. The lowest BCUT2D eigenvalue weighted by Crippen LogP contribution is -2.16. The standard InChI is InChI=1S/C31H20ClF3O5/c1-17-14-23(15-18(2)26(17)32)38-28-27(36)24-13-12-22(16-25(24)40-29(28)31(33,34)35)39-30(37)21-10-8-20(9-11-21)19-6-4-3-5-7-19/h3-16H,1-2H3. The van der Waals surface area contributed by atoms with Crippen LogP contribution in [0.5, 0.6) is 17.2 Å². The van der Waals surface area contributed by atoms with Gasteiger partial charge in [0, 0.05) is 11.1 Å². The first-order chi connectivity index (χ1) is 19.0. The van der Waals surface area contributed by atoms with E-state index in [0.717, 1.165) is 17.2 Å². The van der Waals surface area contributed by atoms with E-state index >= 15 is 0 Å². The molecule has 0 N–H and O–H groups in total. The van der Waals surface area contributed by atoms with E-state index in [0.29, 0.717) is 16.1 Å². The first kappa shape index (κ1) is 27.0. The molecule has 5 rings (SSSR count). The fourth-order valence-electron chi connectivity index (χ4n) is 4.18. The van der Waals surface area contributed by atoms with E-state index in [4.69, 9.17) is 25.5 Å². The highest BCUT2D eigenvalue weighted by molar-refractivity contribution is 6.32. The van der Waals surface area contributed by atoms with Crippen molar-refractivity contribution in [1.82, 2.24) is 0 Å². The Morgan fingerprint density at radius 3 is 2.08 bits per heavy atom. The molecule has 0 saturated carbocycles. The molecule has 0 saturated heterocycles.